The fraction of sp³-hybridized carbons (Fsp3) is 0.200. The molecule has 3 heterocycles. The molecule has 0 amide bonds. The van der Waals surface area contributed by atoms with Crippen LogP contribution in [0, 0.1) is 25.1 Å². The van der Waals surface area contributed by atoms with Gasteiger partial charge < -0.3 is 15.2 Å². The molecule has 10 heteroatoms. The molecule has 0 saturated carbocycles. The number of aryl methyl sites for hydroxylation is 1. The van der Waals surface area contributed by atoms with Crippen LogP contribution < -0.4 is 10.6 Å². The van der Waals surface area contributed by atoms with Crippen LogP contribution in [-0.4, -0.2) is 39.7 Å². The van der Waals surface area contributed by atoms with Crippen molar-refractivity contribution < 1.29 is 13.3 Å². The topological polar surface area (TPSA) is 89.8 Å². The second-order valence-electron chi connectivity index (χ2n) is 8.19. The smallest absolute Gasteiger partial charge is 0.222 e. The molecule has 5 aromatic rings. The number of nitrogens with zero attached hydrogens (tertiary/aromatic N) is 6. The van der Waals surface area contributed by atoms with Crippen LogP contribution in [0.25, 0.3) is 43.8 Å². The first-order chi connectivity index (χ1) is 16.9. The number of imidazole rings is 1. The highest BCUT2D eigenvalue weighted by atomic mass is 19.1. The van der Waals surface area contributed by atoms with Crippen LogP contribution in [0.3, 0.4) is 0 Å². The van der Waals surface area contributed by atoms with E-state index in [2.05, 4.69) is 15.0 Å². The third-order valence-electron chi connectivity index (χ3n) is 5.92. The molecule has 0 saturated heterocycles. The van der Waals surface area contributed by atoms with Gasteiger partial charge in [-0.05, 0) is 38.1 Å². The van der Waals surface area contributed by atoms with Gasteiger partial charge in [-0.2, -0.15) is 0 Å². The fourth-order valence-corrected chi connectivity index (χ4v) is 4.14. The Bertz CT molecular complexity index is 1620. The van der Waals surface area contributed by atoms with E-state index in [1.54, 1.807) is 35.9 Å². The van der Waals surface area contributed by atoms with Gasteiger partial charge in [0.25, 0.3) is 0 Å². The third kappa shape index (κ3) is 3.76. The zero-order valence-electron chi connectivity index (χ0n) is 19.1. The van der Waals surface area contributed by atoms with E-state index in [0.29, 0.717) is 58.2 Å². The molecular formula is C25H21F2N7O. The van der Waals surface area contributed by atoms with Gasteiger partial charge in [0.05, 0.1) is 23.5 Å². The Hall–Kier alpha value is -4.36. The van der Waals surface area contributed by atoms with E-state index in [1.807, 2.05) is 11.9 Å². The lowest BCUT2D eigenvalue weighted by atomic mass is 9.98. The van der Waals surface area contributed by atoms with E-state index < -0.39 is 11.6 Å². The normalized spacial score (nSPS) is 11.3. The molecule has 3 aromatic heterocycles. The third-order valence-corrected chi connectivity index (χ3v) is 5.92. The summed E-state index contributed by atoms with van der Waals surface area (Å²) >= 11 is 0. The molecule has 0 fully saturated rings. The van der Waals surface area contributed by atoms with E-state index in [-0.39, 0.29) is 11.3 Å². The number of hydrogen-bond acceptors (Lipinski definition) is 6. The van der Waals surface area contributed by atoms with Gasteiger partial charge in [0, 0.05) is 42.5 Å². The lowest BCUT2D eigenvalue weighted by Crippen LogP contribution is -2.24. The zero-order chi connectivity index (χ0) is 24.7. The Morgan fingerprint density at radius 1 is 1.20 bits per heavy atom. The quantitative estimate of drug-likeness (QED) is 0.344. The van der Waals surface area contributed by atoms with Gasteiger partial charge in [0.1, 0.15) is 17.3 Å². The van der Waals surface area contributed by atoms with Gasteiger partial charge >= 0.3 is 0 Å². The van der Waals surface area contributed by atoms with Crippen LogP contribution in [0.1, 0.15) is 12.1 Å². The molecule has 0 aliphatic carbocycles. The van der Waals surface area contributed by atoms with Gasteiger partial charge in [-0.25, -0.2) is 23.6 Å². The highest BCUT2D eigenvalue weighted by Gasteiger charge is 2.24. The van der Waals surface area contributed by atoms with Crippen LogP contribution >= 0.6 is 0 Å². The van der Waals surface area contributed by atoms with Crippen molar-refractivity contribution in [2.45, 2.75) is 13.3 Å². The average molecular weight is 473 g/mol. The van der Waals surface area contributed by atoms with E-state index in [0.717, 1.165) is 6.42 Å². The number of hydrogen-bond donors (Lipinski definition) is 1. The standard InChI is InChI=1S/C25H21F2N7O/c1-14-16-12-18(26)17(13-21(16)35-32-14)22-23(15-5-6-20(29-2)19(27)11-15)31-25(33(3)9-4-7-28)34-10-8-30-24(22)34/h5-6,8,10-13H,4,7,9,28H2,1,3H3. The molecule has 0 aliphatic rings. The molecule has 2 aromatic carbocycles. The minimum Gasteiger partial charge on any atom is -0.356 e. The number of anilines is 1. The maximum atomic E-state index is 15.5. The monoisotopic (exact) mass is 473 g/mol. The summed E-state index contributed by atoms with van der Waals surface area (Å²) in [5.41, 5.74) is 8.27. The van der Waals surface area contributed by atoms with Crippen molar-refractivity contribution in [2.75, 3.05) is 25.0 Å². The van der Waals surface area contributed by atoms with Gasteiger partial charge in [-0.1, -0.05) is 17.3 Å². The van der Waals surface area contributed by atoms with Crippen LogP contribution in [0.5, 0.6) is 0 Å². The first-order valence-corrected chi connectivity index (χ1v) is 10.9. The zero-order valence-corrected chi connectivity index (χ0v) is 19.1. The minimum atomic E-state index is -0.687. The van der Waals surface area contributed by atoms with Crippen molar-refractivity contribution in [3.63, 3.8) is 0 Å². The molecule has 0 bridgehead atoms. The summed E-state index contributed by atoms with van der Waals surface area (Å²) < 4.78 is 37.3. The lowest BCUT2D eigenvalue weighted by molar-refractivity contribution is 0.450. The summed E-state index contributed by atoms with van der Waals surface area (Å²) in [5.74, 6) is -0.663. The van der Waals surface area contributed by atoms with Gasteiger partial charge in [-0.3, -0.25) is 4.40 Å². The Morgan fingerprint density at radius 2 is 2.03 bits per heavy atom. The first kappa shape index (κ1) is 22.4. The van der Waals surface area contributed by atoms with Crippen LogP contribution in [0.4, 0.5) is 20.4 Å². The number of rotatable bonds is 6. The molecule has 0 unspecified atom stereocenters. The van der Waals surface area contributed by atoms with E-state index in [9.17, 15) is 4.39 Å². The second kappa shape index (κ2) is 8.77. The summed E-state index contributed by atoms with van der Waals surface area (Å²) in [6, 6.07) is 7.14. The van der Waals surface area contributed by atoms with Crippen LogP contribution in [-0.2, 0) is 0 Å². The molecule has 5 rings (SSSR count). The molecule has 35 heavy (non-hydrogen) atoms. The van der Waals surface area contributed by atoms with Crippen LogP contribution in [0.2, 0.25) is 0 Å². The molecule has 2 N–H and O–H groups in total. The predicted octanol–water partition coefficient (Wildman–Crippen LogP) is 5.13. The summed E-state index contributed by atoms with van der Waals surface area (Å²) in [5, 5.41) is 4.49. The molecule has 0 aliphatic heterocycles. The van der Waals surface area contributed by atoms with Crippen molar-refractivity contribution in [3.05, 3.63) is 71.5 Å². The van der Waals surface area contributed by atoms with Crippen LogP contribution in [0.15, 0.2) is 47.2 Å². The average Bonchev–Trinajstić information content (AvgIpc) is 3.48. The SMILES string of the molecule is [C-]#[N+]c1ccc(-c2nc(N(C)CCCN)n3ccnc3c2-c2cc3onc(C)c3cc2F)cc1F. The van der Waals surface area contributed by atoms with Crippen molar-refractivity contribution in [1.29, 1.82) is 0 Å². The first-order valence-electron chi connectivity index (χ1n) is 10.9. The number of nitrogens with two attached hydrogens (primary N) is 1. The fourth-order valence-electron chi connectivity index (χ4n) is 4.14. The van der Waals surface area contributed by atoms with Crippen molar-refractivity contribution in [2.24, 2.45) is 5.73 Å². The Balaban J connectivity index is 1.84. The number of halogens is 2. The predicted molar refractivity (Wildman–Crippen MR) is 129 cm³/mol. The summed E-state index contributed by atoms with van der Waals surface area (Å²) in [6.07, 6.45) is 4.07. The maximum Gasteiger partial charge on any atom is 0.222 e. The highest BCUT2D eigenvalue weighted by molar-refractivity contribution is 5.95. The lowest BCUT2D eigenvalue weighted by Gasteiger charge is -2.22. The highest BCUT2D eigenvalue weighted by Crippen LogP contribution is 2.39. The Labute approximate surface area is 199 Å². The van der Waals surface area contributed by atoms with E-state index >= 15 is 4.39 Å². The van der Waals surface area contributed by atoms with Crippen molar-refractivity contribution in [1.82, 2.24) is 19.5 Å². The maximum absolute atomic E-state index is 15.5. The number of benzene rings is 2. The summed E-state index contributed by atoms with van der Waals surface area (Å²) in [4.78, 5) is 14.5. The molecular weight excluding hydrogens is 452 g/mol. The summed E-state index contributed by atoms with van der Waals surface area (Å²) in [7, 11) is 1.87. The number of aromatic nitrogens is 4. The molecule has 0 radical (unpaired) electrons. The minimum absolute atomic E-state index is 0.109. The van der Waals surface area contributed by atoms with E-state index in [4.69, 9.17) is 21.8 Å². The molecule has 0 spiro atoms. The molecule has 8 nitrogen and oxygen atoms in total. The number of fused-ring (bicyclic) bond motifs is 2. The van der Waals surface area contributed by atoms with Gasteiger partial charge in [0.2, 0.25) is 11.6 Å². The van der Waals surface area contributed by atoms with Crippen molar-refractivity contribution >= 4 is 28.3 Å². The van der Waals surface area contributed by atoms with Gasteiger partial charge in [-0.15, -0.1) is 0 Å². The largest absolute Gasteiger partial charge is 0.356 e. The molecule has 0 atom stereocenters. The Kier molecular flexibility index (Phi) is 5.62. The summed E-state index contributed by atoms with van der Waals surface area (Å²) in [6.45, 7) is 10.0. The second-order valence-corrected chi connectivity index (χ2v) is 8.19. The Morgan fingerprint density at radius 3 is 2.77 bits per heavy atom. The van der Waals surface area contributed by atoms with E-state index in [1.165, 1.54) is 18.2 Å². The van der Waals surface area contributed by atoms with Crippen molar-refractivity contribution in [3.8, 4) is 22.4 Å². The van der Waals surface area contributed by atoms with Gasteiger partial charge in [0.15, 0.2) is 5.58 Å². The molecule has 176 valence electrons.